The van der Waals surface area contributed by atoms with Gasteiger partial charge in [-0.05, 0) is 6.42 Å². The third kappa shape index (κ3) is 16.9. The zero-order valence-electron chi connectivity index (χ0n) is 15.2. The zero-order chi connectivity index (χ0) is 17.5. The minimum absolute atomic E-state index is 0. The predicted octanol–water partition coefficient (Wildman–Crippen LogP) is -1.04. The minimum atomic E-state index is -1.36. The molecule has 0 saturated heterocycles. The van der Waals surface area contributed by atoms with Gasteiger partial charge in [0.25, 0.3) is 0 Å². The van der Waals surface area contributed by atoms with Crippen LogP contribution in [0.4, 0.5) is 0 Å². The Hall–Kier alpha value is 0.0464. The van der Waals surface area contributed by atoms with Gasteiger partial charge in [0, 0.05) is 13.0 Å². The van der Waals surface area contributed by atoms with E-state index in [1.54, 1.807) is 0 Å². The van der Waals surface area contributed by atoms with Gasteiger partial charge in [-0.25, -0.2) is 0 Å². The summed E-state index contributed by atoms with van der Waals surface area (Å²) in [5, 5.41) is 19.3. The van der Waals surface area contributed by atoms with Crippen LogP contribution in [0.2, 0.25) is 0 Å². The molecule has 1 amide bonds. The zero-order valence-corrected chi connectivity index (χ0v) is 18.3. The molecule has 0 aromatic heterocycles. The molecule has 0 aliphatic carbocycles. The third-order valence-corrected chi connectivity index (χ3v) is 3.76. The Morgan fingerprint density at radius 1 is 0.875 bits per heavy atom. The van der Waals surface area contributed by atoms with E-state index in [-0.39, 0.29) is 76.7 Å². The second-order valence-corrected chi connectivity index (χ2v) is 5.91. The van der Waals surface area contributed by atoms with Crippen LogP contribution in [0.5, 0.6) is 0 Å². The van der Waals surface area contributed by atoms with Gasteiger partial charge < -0.3 is 19.9 Å². The van der Waals surface area contributed by atoms with Gasteiger partial charge in [0.15, 0.2) is 0 Å². The number of hydrogen-bond acceptors (Lipinski definition) is 4. The van der Waals surface area contributed by atoms with Crippen LogP contribution in [0, 0.1) is 0 Å². The van der Waals surface area contributed by atoms with Gasteiger partial charge in [-0.1, -0.05) is 58.3 Å². The molecule has 0 aromatic carbocycles. The molecule has 6 nitrogen and oxygen atoms in total. The minimum Gasteiger partial charge on any atom is -0.548 e. The molecule has 0 aliphatic heterocycles. The Morgan fingerprint density at radius 3 is 1.83 bits per heavy atom. The van der Waals surface area contributed by atoms with E-state index in [4.69, 9.17) is 5.11 Å². The monoisotopic (exact) mass is 367 g/mol. The van der Waals surface area contributed by atoms with E-state index in [1.165, 1.54) is 38.5 Å². The summed E-state index contributed by atoms with van der Waals surface area (Å²) in [5.41, 5.74) is 0. The molecule has 0 fully saturated rings. The molecule has 24 heavy (non-hydrogen) atoms. The molecule has 0 aromatic rings. The second-order valence-electron chi connectivity index (χ2n) is 5.91. The Labute approximate surface area is 187 Å². The third-order valence-electron chi connectivity index (χ3n) is 3.76. The van der Waals surface area contributed by atoms with Crippen molar-refractivity contribution in [3.05, 3.63) is 0 Å². The average Bonchev–Trinajstić information content (AvgIpc) is 2.49. The SMILES string of the molecule is CCCCCCCCCCCC(=O)N(CCC(=O)O)CC(=O)[O-].[K+]. The van der Waals surface area contributed by atoms with Gasteiger partial charge in [-0.2, -0.15) is 0 Å². The summed E-state index contributed by atoms with van der Waals surface area (Å²) in [6.45, 7) is 1.57. The van der Waals surface area contributed by atoms with Crippen molar-refractivity contribution in [2.24, 2.45) is 0 Å². The number of carbonyl (C=O) groups excluding carboxylic acids is 2. The number of amides is 1. The fourth-order valence-corrected chi connectivity index (χ4v) is 2.42. The largest absolute Gasteiger partial charge is 1.00 e. The van der Waals surface area contributed by atoms with E-state index < -0.39 is 18.5 Å². The molecule has 0 radical (unpaired) electrons. The number of carbonyl (C=O) groups is 3. The maximum absolute atomic E-state index is 11.9. The van der Waals surface area contributed by atoms with Crippen molar-refractivity contribution in [3.8, 4) is 0 Å². The van der Waals surface area contributed by atoms with Crippen molar-refractivity contribution in [2.75, 3.05) is 13.1 Å². The maximum Gasteiger partial charge on any atom is 1.00 e. The van der Waals surface area contributed by atoms with Crippen LogP contribution in [-0.2, 0) is 14.4 Å². The molecule has 7 heteroatoms. The average molecular weight is 368 g/mol. The van der Waals surface area contributed by atoms with Gasteiger partial charge in [0.2, 0.25) is 5.91 Å². The number of unbranched alkanes of at least 4 members (excludes halogenated alkanes) is 8. The molecule has 0 heterocycles. The number of aliphatic carboxylic acids is 2. The van der Waals surface area contributed by atoms with Crippen molar-refractivity contribution < 1.29 is 76.0 Å². The molecular weight excluding hydrogens is 337 g/mol. The van der Waals surface area contributed by atoms with Crippen LogP contribution in [0.1, 0.15) is 77.6 Å². The summed E-state index contributed by atoms with van der Waals surface area (Å²) < 4.78 is 0. The summed E-state index contributed by atoms with van der Waals surface area (Å²) in [7, 11) is 0. The van der Waals surface area contributed by atoms with Gasteiger partial charge in [-0.15, -0.1) is 0 Å². The molecule has 134 valence electrons. The Balaban J connectivity index is 0. The number of carboxylic acid groups (broad SMARTS) is 2. The van der Waals surface area contributed by atoms with Gasteiger partial charge in [-0.3, -0.25) is 9.59 Å². The summed E-state index contributed by atoms with van der Waals surface area (Å²) in [4.78, 5) is 34.2. The van der Waals surface area contributed by atoms with Crippen molar-refractivity contribution in [2.45, 2.75) is 77.6 Å². The van der Waals surface area contributed by atoms with E-state index in [1.807, 2.05) is 0 Å². The Kier molecular flexibility index (Phi) is 19.6. The first-order valence-corrected chi connectivity index (χ1v) is 8.66. The predicted molar refractivity (Wildman–Crippen MR) is 85.7 cm³/mol. The number of nitrogens with zero attached hydrogens (tertiary/aromatic N) is 1. The van der Waals surface area contributed by atoms with Crippen molar-refractivity contribution in [1.29, 1.82) is 0 Å². The van der Waals surface area contributed by atoms with Crippen molar-refractivity contribution >= 4 is 17.8 Å². The first-order chi connectivity index (χ1) is 11.0. The van der Waals surface area contributed by atoms with E-state index in [0.29, 0.717) is 6.42 Å². The van der Waals surface area contributed by atoms with E-state index in [2.05, 4.69) is 6.92 Å². The standard InChI is InChI=1S/C17H31NO5.K/c1-2-3-4-5-6-7-8-9-10-11-15(19)18(14-17(22)23)13-12-16(20)21;/h2-14H2,1H3,(H,20,21)(H,22,23);/q;+1/p-1. The molecule has 0 atom stereocenters. The Bertz CT molecular complexity index is 363. The normalized spacial score (nSPS) is 10.0. The smallest absolute Gasteiger partial charge is 0.548 e. The number of rotatable bonds is 15. The first-order valence-electron chi connectivity index (χ1n) is 8.66. The van der Waals surface area contributed by atoms with Gasteiger partial charge in [0.05, 0.1) is 18.9 Å². The van der Waals surface area contributed by atoms with Crippen LogP contribution >= 0.6 is 0 Å². The quantitative estimate of drug-likeness (QED) is 0.295. The fraction of sp³-hybridized carbons (Fsp3) is 0.824. The van der Waals surface area contributed by atoms with E-state index in [0.717, 1.165) is 17.7 Å². The summed E-state index contributed by atoms with van der Waals surface area (Å²) >= 11 is 0. The molecule has 0 bridgehead atoms. The van der Waals surface area contributed by atoms with Gasteiger partial charge in [0.1, 0.15) is 0 Å². The topological polar surface area (TPSA) is 97.7 Å². The maximum atomic E-state index is 11.9. The molecule has 0 rings (SSSR count). The van der Waals surface area contributed by atoms with Crippen LogP contribution in [0.3, 0.4) is 0 Å². The molecule has 0 unspecified atom stereocenters. The van der Waals surface area contributed by atoms with Crippen molar-refractivity contribution in [1.82, 2.24) is 4.90 Å². The first kappa shape index (κ1) is 26.3. The summed E-state index contributed by atoms with van der Waals surface area (Å²) in [6, 6.07) is 0. The molecule has 0 aliphatic rings. The van der Waals surface area contributed by atoms with Crippen molar-refractivity contribution in [3.63, 3.8) is 0 Å². The van der Waals surface area contributed by atoms with Crippen LogP contribution < -0.4 is 56.5 Å². The van der Waals surface area contributed by atoms with Gasteiger partial charge >= 0.3 is 57.4 Å². The molecular formula is C17H30KNO5. The number of carboxylic acids is 2. The molecule has 0 saturated carbocycles. The Morgan fingerprint density at radius 2 is 1.38 bits per heavy atom. The van der Waals surface area contributed by atoms with E-state index in [9.17, 15) is 19.5 Å². The van der Waals surface area contributed by atoms with Crippen LogP contribution in [0.25, 0.3) is 0 Å². The second kappa shape index (κ2) is 17.9. The molecule has 0 spiro atoms. The molecule has 1 N–H and O–H groups in total. The summed E-state index contributed by atoms with van der Waals surface area (Å²) in [5.74, 6) is -2.72. The van der Waals surface area contributed by atoms with Crippen LogP contribution in [0.15, 0.2) is 0 Å². The summed E-state index contributed by atoms with van der Waals surface area (Å²) in [6.07, 6.45) is 10.2. The number of hydrogen-bond donors (Lipinski definition) is 1. The van der Waals surface area contributed by atoms with E-state index >= 15 is 0 Å². The van der Waals surface area contributed by atoms with Crippen LogP contribution in [-0.4, -0.2) is 40.9 Å². The fourth-order valence-electron chi connectivity index (χ4n) is 2.42.